The molecule has 8 rings (SSSR count). The number of anilines is 5. The van der Waals surface area contributed by atoms with E-state index >= 15 is 0 Å². The Hall–Kier alpha value is -5.24. The van der Waals surface area contributed by atoms with Gasteiger partial charge in [-0.15, -0.1) is 20.5 Å². The van der Waals surface area contributed by atoms with Crippen LogP contribution in [0.1, 0.15) is 20.7 Å². The minimum absolute atomic E-state index is 0. The van der Waals surface area contributed by atoms with Crippen LogP contribution in [0.25, 0.3) is 10.8 Å². The molecule has 0 saturated heterocycles. The van der Waals surface area contributed by atoms with E-state index in [1.165, 1.54) is 48.5 Å². The van der Waals surface area contributed by atoms with E-state index in [9.17, 15) is 76.8 Å². The van der Waals surface area contributed by atoms with Gasteiger partial charge < -0.3 is 45.8 Å². The van der Waals surface area contributed by atoms with E-state index < -0.39 is 117 Å². The van der Waals surface area contributed by atoms with Gasteiger partial charge in [-0.2, -0.15) is 45.2 Å². The molecule has 2 heterocycles. The maximum absolute atomic E-state index is 14.3. The van der Waals surface area contributed by atoms with Gasteiger partial charge in [0.1, 0.15) is 41.9 Å². The van der Waals surface area contributed by atoms with Crippen molar-refractivity contribution in [2.45, 2.75) is 19.6 Å². The molecule has 9 N–H and O–H groups in total. The third kappa shape index (κ3) is 17.5. The van der Waals surface area contributed by atoms with E-state index in [0.717, 1.165) is 30.3 Å². The Balaban J connectivity index is 0.00000378. The van der Waals surface area contributed by atoms with Gasteiger partial charge in [-0.1, -0.05) is 30.0 Å². The molecule has 0 saturated carbocycles. The fourth-order valence-corrected chi connectivity index (χ4v) is 9.71. The second-order valence-corrected chi connectivity index (χ2v) is 21.9. The first-order valence-corrected chi connectivity index (χ1v) is 27.5. The van der Waals surface area contributed by atoms with Crippen LogP contribution in [0.2, 0.25) is 10.6 Å². The SMILES string of the molecule is Nc1c(N=Nc2cc(N=c3nc(Nc4ccc(C(=O)[O-])cc4)nc(Cl)[nH]3)ccc2S(=O)(=O)[O-])c(S(=O)(=O)O)cc2cc(S(=O)(=O)O)c(N=Nc3cc(N=c4nc(Nc5ccc(C(=O)[O-])cc5)nc(Cl)[nH]4)ccc3S(=O)(=O)O)c([O-])c12.[Na+].[Na+].[Na+].[Na+]. The Kier molecular flexibility index (Phi) is 24.2. The summed E-state index contributed by atoms with van der Waals surface area (Å²) in [6.45, 7) is 0. The molecule has 42 heteroatoms. The number of hydrogen-bond donors (Lipinski definition) is 8. The van der Waals surface area contributed by atoms with Crippen molar-refractivity contribution in [3.05, 3.63) is 130 Å². The third-order valence-electron chi connectivity index (χ3n) is 10.3. The van der Waals surface area contributed by atoms with Gasteiger partial charge >= 0.3 is 118 Å². The maximum atomic E-state index is 14.3. The van der Waals surface area contributed by atoms with Crippen molar-refractivity contribution in [2.24, 2.45) is 30.4 Å². The second kappa shape index (κ2) is 28.5. The summed E-state index contributed by atoms with van der Waals surface area (Å²) in [4.78, 5) is 46.9. The summed E-state index contributed by atoms with van der Waals surface area (Å²) in [7, 11) is -21.9. The molecule has 6 aromatic carbocycles. The number of aromatic nitrogens is 6. The summed E-state index contributed by atoms with van der Waals surface area (Å²) in [5, 5.41) is 54.4. The van der Waals surface area contributed by atoms with Crippen molar-refractivity contribution >= 4 is 149 Å². The first-order valence-electron chi connectivity index (χ1n) is 21.1. The van der Waals surface area contributed by atoms with Crippen LogP contribution in [-0.4, -0.2) is 93.7 Å². The number of nitrogens with two attached hydrogens (primary N) is 1. The first-order chi connectivity index (χ1) is 37.4. The number of aromatic carboxylic acids is 2. The van der Waals surface area contributed by atoms with Gasteiger partial charge in [0.25, 0.3) is 30.4 Å². The van der Waals surface area contributed by atoms with Crippen LogP contribution >= 0.6 is 23.2 Å². The molecule has 2 aromatic heterocycles. The van der Waals surface area contributed by atoms with Crippen LogP contribution in [0, 0.1) is 0 Å². The Labute approximate surface area is 569 Å². The molecule has 0 fully saturated rings. The van der Waals surface area contributed by atoms with Crippen molar-refractivity contribution in [3.8, 4) is 5.75 Å². The van der Waals surface area contributed by atoms with Gasteiger partial charge in [0.05, 0.1) is 39.6 Å². The quantitative estimate of drug-likeness (QED) is 0.0193. The van der Waals surface area contributed by atoms with Crippen LogP contribution in [0.5, 0.6) is 5.75 Å². The monoisotopic (exact) mass is 1300 g/mol. The molecule has 84 heavy (non-hydrogen) atoms. The Bertz CT molecular complexity index is 4340. The number of nitrogen functional groups attached to an aromatic ring is 1. The number of carboxylic acids is 2. The van der Waals surface area contributed by atoms with Crippen LogP contribution < -0.4 is 161 Å². The van der Waals surface area contributed by atoms with Gasteiger partial charge in [-0.05, 0) is 113 Å². The molecule has 32 nitrogen and oxygen atoms in total. The number of benzene rings is 6. The summed E-state index contributed by atoms with van der Waals surface area (Å²) in [6, 6.07) is 16.2. The second-order valence-electron chi connectivity index (χ2n) is 15.6. The third-order valence-corrected chi connectivity index (χ3v) is 14.2. The van der Waals surface area contributed by atoms with E-state index in [4.69, 9.17) is 28.9 Å². The number of aromatic amines is 2. The predicted molar refractivity (Wildman–Crippen MR) is 268 cm³/mol. The molecule has 8 aromatic rings. The fourth-order valence-electron chi connectivity index (χ4n) is 6.86. The topological polar surface area (TPSA) is 531 Å². The number of nitrogens with zero attached hydrogens (tertiary/aromatic N) is 10. The largest absolute Gasteiger partial charge is 1.00 e. The molecule has 0 aliphatic heterocycles. The van der Waals surface area contributed by atoms with Gasteiger partial charge in [0.15, 0.2) is 0 Å². The van der Waals surface area contributed by atoms with Crippen molar-refractivity contribution < 1.29 is 195 Å². The molecule has 412 valence electrons. The van der Waals surface area contributed by atoms with Crippen molar-refractivity contribution in [2.75, 3.05) is 16.4 Å². The smallest absolute Gasteiger partial charge is 0.870 e. The zero-order chi connectivity index (χ0) is 58.2. The van der Waals surface area contributed by atoms with Crippen LogP contribution in [0.15, 0.2) is 147 Å². The number of H-pyrrole nitrogens is 2. The normalized spacial score (nSPS) is 12.3. The number of azo groups is 2. The van der Waals surface area contributed by atoms with E-state index in [1.54, 1.807) is 0 Å². The molecule has 0 spiro atoms. The molecule has 0 radical (unpaired) electrons. The number of carbonyl (C=O) groups excluding carboxylic acids is 2. The fraction of sp³-hybridized carbons (Fsp3) is 0. The van der Waals surface area contributed by atoms with Gasteiger partial charge in [-0.3, -0.25) is 23.6 Å². The molecule has 0 atom stereocenters. The average molecular weight is 1300 g/mol. The number of carbonyl (C=O) groups is 2. The maximum Gasteiger partial charge on any atom is 1.00 e. The van der Waals surface area contributed by atoms with Crippen LogP contribution in [0.4, 0.5) is 63.1 Å². The molecule has 0 bridgehead atoms. The molecule has 0 aliphatic rings. The minimum Gasteiger partial charge on any atom is -0.870 e. The summed E-state index contributed by atoms with van der Waals surface area (Å²) in [5.74, 6) is -4.90. The molecule has 0 aliphatic carbocycles. The number of halogens is 2. The van der Waals surface area contributed by atoms with E-state index in [1.807, 2.05) is 0 Å². The van der Waals surface area contributed by atoms with E-state index in [2.05, 4.69) is 71.0 Å². The van der Waals surface area contributed by atoms with Crippen LogP contribution in [-0.2, 0) is 40.5 Å². The Morgan fingerprint density at radius 2 is 0.917 bits per heavy atom. The molecular weight excluding hydrogens is 1280 g/mol. The van der Waals surface area contributed by atoms with Gasteiger partial charge in [0.2, 0.25) is 33.7 Å². The molecule has 0 unspecified atom stereocenters. The van der Waals surface area contributed by atoms with Crippen molar-refractivity contribution in [1.29, 1.82) is 0 Å². The molecule has 0 amide bonds. The minimum atomic E-state index is -5.60. The van der Waals surface area contributed by atoms with Crippen molar-refractivity contribution in [3.63, 3.8) is 0 Å². The summed E-state index contributed by atoms with van der Waals surface area (Å²) < 4.78 is 144. The van der Waals surface area contributed by atoms with Gasteiger partial charge in [-0.25, -0.2) is 18.4 Å². The standard InChI is InChI=1S/C42H29Cl2N15O17S4.4Na/c43-37-50-39(46-20-5-1-17(2-6-20)35(61)62)54-41(52-37)48-22-9-11-26(77(65,66)67)24(15-22)56-58-32-28(79(71,72)73)13-19-14-29(80(74,75)76)33(34(60)30(19)31(32)45)59-57-25-16-23(10-12-27(25)78(68,69)70)49-42-53-38(44)51-40(55-42)47-21-7-3-18(4-8-21)36(63)64;;;;/h1-16,60H,45H2,(H,61,62)(H,63,64)(H,65,66,67)(H,68,69,70)(H,71,72,73)(H,74,75,76)(H2,46,48,50,52,54)(H2,47,49,51,53,55);;;;/q;4*+1/p-4. The number of hydrogen-bond acceptors (Lipinski definition) is 27. The van der Waals surface area contributed by atoms with Crippen molar-refractivity contribution in [1.82, 2.24) is 29.9 Å². The summed E-state index contributed by atoms with van der Waals surface area (Å²) in [6.07, 6.45) is 0. The average Bonchev–Trinajstić information content (AvgIpc) is 3.42. The van der Waals surface area contributed by atoms with E-state index in [0.29, 0.717) is 18.2 Å². The van der Waals surface area contributed by atoms with E-state index in [-0.39, 0.29) is 186 Å². The number of nitrogens with one attached hydrogen (secondary N) is 4. The Morgan fingerprint density at radius 3 is 1.31 bits per heavy atom. The number of fused-ring (bicyclic) bond motifs is 1. The zero-order valence-electron chi connectivity index (χ0n) is 42.7. The zero-order valence-corrected chi connectivity index (χ0v) is 55.5. The summed E-state index contributed by atoms with van der Waals surface area (Å²) >= 11 is 12.2. The molecular formula is C42H25Cl2N15Na4O17S4. The van der Waals surface area contributed by atoms with Gasteiger partial charge in [0, 0.05) is 16.8 Å². The predicted octanol–water partition coefficient (Wildman–Crippen LogP) is -8.79. The summed E-state index contributed by atoms with van der Waals surface area (Å²) in [5.41, 5.74) is 0.103. The number of rotatable bonds is 16. The van der Waals surface area contributed by atoms with Crippen LogP contribution in [0.3, 0.4) is 0 Å². The first kappa shape index (κ1) is 71.2. The Morgan fingerprint density at radius 1 is 0.536 bits per heavy atom. The number of carboxylic acid groups (broad SMARTS) is 2.